The molecule has 1 aliphatic heterocycles. The maximum Gasteiger partial charge on any atom is 0.316 e. The predicted molar refractivity (Wildman–Crippen MR) is 123 cm³/mol. The molecular weight excluding hydrogens is 390 g/mol. The third-order valence-corrected chi connectivity index (χ3v) is 5.71. The van der Waals surface area contributed by atoms with Crippen molar-refractivity contribution >= 4 is 17.4 Å². The SMILES string of the molecule is NC(=O)Nc1ccc(N2CCOCC2)cc1.c1ccc(-c2cncn2C2CCC2)cc1. The van der Waals surface area contributed by atoms with E-state index in [-0.39, 0.29) is 0 Å². The van der Waals surface area contributed by atoms with Crippen molar-refractivity contribution in [1.29, 1.82) is 0 Å². The highest BCUT2D eigenvalue weighted by Gasteiger charge is 2.21. The Labute approximate surface area is 182 Å². The van der Waals surface area contributed by atoms with Crippen molar-refractivity contribution in [3.05, 3.63) is 67.1 Å². The van der Waals surface area contributed by atoms with E-state index in [4.69, 9.17) is 10.5 Å². The Kier molecular flexibility index (Phi) is 6.84. The number of ether oxygens (including phenoxy) is 1. The number of aromatic nitrogens is 2. The van der Waals surface area contributed by atoms with Crippen LogP contribution in [-0.2, 0) is 4.74 Å². The molecule has 1 aliphatic carbocycles. The van der Waals surface area contributed by atoms with Gasteiger partial charge in [0.15, 0.2) is 0 Å². The number of anilines is 2. The average Bonchev–Trinajstić information content (AvgIpc) is 3.23. The number of benzene rings is 2. The number of rotatable bonds is 4. The van der Waals surface area contributed by atoms with E-state index in [1.807, 2.05) is 42.9 Å². The maximum atomic E-state index is 10.6. The molecule has 162 valence electrons. The number of nitrogens with one attached hydrogen (secondary N) is 1. The first-order chi connectivity index (χ1) is 15.2. The monoisotopic (exact) mass is 419 g/mol. The van der Waals surface area contributed by atoms with E-state index in [9.17, 15) is 4.79 Å². The Balaban J connectivity index is 0.000000149. The minimum atomic E-state index is -0.542. The fraction of sp³-hybridized carbons (Fsp3) is 0.333. The molecule has 1 saturated carbocycles. The summed E-state index contributed by atoms with van der Waals surface area (Å²) >= 11 is 0. The first kappa shape index (κ1) is 20.9. The summed E-state index contributed by atoms with van der Waals surface area (Å²) < 4.78 is 7.60. The molecule has 31 heavy (non-hydrogen) atoms. The lowest BCUT2D eigenvalue weighted by molar-refractivity contribution is 0.122. The number of carbonyl (C=O) groups is 1. The number of morpholine rings is 1. The van der Waals surface area contributed by atoms with Gasteiger partial charge in [-0.1, -0.05) is 30.3 Å². The van der Waals surface area contributed by atoms with Crippen LogP contribution in [0.15, 0.2) is 67.1 Å². The minimum Gasteiger partial charge on any atom is -0.378 e. The molecule has 2 aromatic carbocycles. The van der Waals surface area contributed by atoms with E-state index >= 15 is 0 Å². The van der Waals surface area contributed by atoms with Gasteiger partial charge in [-0.25, -0.2) is 9.78 Å². The van der Waals surface area contributed by atoms with Gasteiger partial charge in [-0.15, -0.1) is 0 Å². The van der Waals surface area contributed by atoms with Crippen molar-refractivity contribution in [3.63, 3.8) is 0 Å². The number of nitrogens with zero attached hydrogens (tertiary/aromatic N) is 3. The highest BCUT2D eigenvalue weighted by Crippen LogP contribution is 2.34. The van der Waals surface area contributed by atoms with Gasteiger partial charge in [0.2, 0.25) is 0 Å². The summed E-state index contributed by atoms with van der Waals surface area (Å²) in [6.45, 7) is 3.34. The van der Waals surface area contributed by atoms with E-state index in [1.165, 1.54) is 30.5 Å². The Bertz CT molecular complexity index is 961. The topological polar surface area (TPSA) is 85.4 Å². The number of amides is 2. The molecule has 7 nitrogen and oxygen atoms in total. The second-order valence-electron chi connectivity index (χ2n) is 7.77. The number of hydrogen-bond donors (Lipinski definition) is 2. The van der Waals surface area contributed by atoms with Crippen molar-refractivity contribution in [3.8, 4) is 11.3 Å². The second kappa shape index (κ2) is 10.1. The summed E-state index contributed by atoms with van der Waals surface area (Å²) in [5, 5.41) is 2.53. The van der Waals surface area contributed by atoms with Crippen LogP contribution in [0.1, 0.15) is 25.3 Å². The average molecular weight is 420 g/mol. The van der Waals surface area contributed by atoms with Gasteiger partial charge in [-0.2, -0.15) is 0 Å². The van der Waals surface area contributed by atoms with Crippen LogP contribution in [0.4, 0.5) is 16.2 Å². The minimum absolute atomic E-state index is 0.542. The molecule has 2 amide bonds. The Hall–Kier alpha value is -3.32. The van der Waals surface area contributed by atoms with Crippen LogP contribution in [0.5, 0.6) is 0 Å². The first-order valence-electron chi connectivity index (χ1n) is 10.8. The van der Waals surface area contributed by atoms with Crippen LogP contribution in [0, 0.1) is 0 Å². The largest absolute Gasteiger partial charge is 0.378 e. The van der Waals surface area contributed by atoms with E-state index in [0.29, 0.717) is 11.7 Å². The van der Waals surface area contributed by atoms with Gasteiger partial charge in [-0.3, -0.25) is 0 Å². The molecular formula is C24H29N5O2. The standard InChI is InChI=1S/C13H14N2.C11H15N3O2/c1-2-5-11(6-3-1)13-9-14-10-15(13)12-7-4-8-12;12-11(15)13-9-1-3-10(4-2-9)14-5-7-16-8-6-14/h1-3,5-6,9-10,12H,4,7-8H2;1-4H,5-8H2,(H3,12,13,15). The lowest BCUT2D eigenvalue weighted by atomic mass is 9.92. The summed E-state index contributed by atoms with van der Waals surface area (Å²) in [5.41, 5.74) is 9.39. The van der Waals surface area contributed by atoms with Crippen molar-refractivity contribution in [1.82, 2.24) is 9.55 Å². The molecule has 7 heteroatoms. The maximum absolute atomic E-state index is 10.6. The molecule has 2 aliphatic rings. The van der Waals surface area contributed by atoms with Crippen molar-refractivity contribution < 1.29 is 9.53 Å². The van der Waals surface area contributed by atoms with Crippen molar-refractivity contribution in [2.24, 2.45) is 5.73 Å². The molecule has 3 N–H and O–H groups in total. The Morgan fingerprint density at radius 3 is 2.35 bits per heavy atom. The fourth-order valence-corrected chi connectivity index (χ4v) is 3.81. The third-order valence-electron chi connectivity index (χ3n) is 5.71. The van der Waals surface area contributed by atoms with Crippen molar-refractivity contribution in [2.75, 3.05) is 36.5 Å². The van der Waals surface area contributed by atoms with Crippen LogP contribution < -0.4 is 16.0 Å². The van der Waals surface area contributed by atoms with Crippen LogP contribution >= 0.6 is 0 Å². The lowest BCUT2D eigenvalue weighted by Gasteiger charge is -2.28. The number of nitrogens with two attached hydrogens (primary N) is 1. The van der Waals surface area contributed by atoms with Gasteiger partial charge >= 0.3 is 6.03 Å². The summed E-state index contributed by atoms with van der Waals surface area (Å²) in [7, 11) is 0. The van der Waals surface area contributed by atoms with E-state index in [0.717, 1.165) is 32.0 Å². The molecule has 0 bridgehead atoms. The van der Waals surface area contributed by atoms with Crippen LogP contribution in [-0.4, -0.2) is 41.9 Å². The fourth-order valence-electron chi connectivity index (χ4n) is 3.81. The summed E-state index contributed by atoms with van der Waals surface area (Å²) in [5.74, 6) is 0. The molecule has 2 fully saturated rings. The Morgan fingerprint density at radius 1 is 1.03 bits per heavy atom. The van der Waals surface area contributed by atoms with Crippen LogP contribution in [0.3, 0.4) is 0 Å². The van der Waals surface area contributed by atoms with E-state index < -0.39 is 6.03 Å². The predicted octanol–water partition coefficient (Wildman–Crippen LogP) is 4.29. The third kappa shape index (κ3) is 5.44. The van der Waals surface area contributed by atoms with Gasteiger partial charge in [0.05, 0.1) is 31.4 Å². The highest BCUT2D eigenvalue weighted by atomic mass is 16.5. The highest BCUT2D eigenvalue weighted by molar-refractivity contribution is 5.87. The molecule has 0 spiro atoms. The normalized spacial score (nSPS) is 16.1. The van der Waals surface area contributed by atoms with Gasteiger partial charge < -0.3 is 25.3 Å². The van der Waals surface area contributed by atoms with Crippen molar-refractivity contribution in [2.45, 2.75) is 25.3 Å². The number of urea groups is 1. The quantitative estimate of drug-likeness (QED) is 0.661. The molecule has 3 aromatic rings. The smallest absolute Gasteiger partial charge is 0.316 e. The van der Waals surface area contributed by atoms with E-state index in [2.05, 4.69) is 44.0 Å². The number of hydrogen-bond acceptors (Lipinski definition) is 4. The van der Waals surface area contributed by atoms with Gasteiger partial charge in [0.25, 0.3) is 0 Å². The zero-order valence-electron chi connectivity index (χ0n) is 17.6. The first-order valence-corrected chi connectivity index (χ1v) is 10.8. The summed E-state index contributed by atoms with van der Waals surface area (Å²) in [6.07, 6.45) is 7.89. The summed E-state index contributed by atoms with van der Waals surface area (Å²) in [6, 6.07) is 18.3. The van der Waals surface area contributed by atoms with Crippen LogP contribution in [0.2, 0.25) is 0 Å². The zero-order chi connectivity index (χ0) is 21.5. The second-order valence-corrected chi connectivity index (χ2v) is 7.77. The van der Waals surface area contributed by atoms with Gasteiger partial charge in [-0.05, 0) is 49.1 Å². The molecule has 0 atom stereocenters. The van der Waals surface area contributed by atoms with Gasteiger partial charge in [0, 0.05) is 30.5 Å². The zero-order valence-corrected chi connectivity index (χ0v) is 17.6. The lowest BCUT2D eigenvalue weighted by Crippen LogP contribution is -2.36. The summed E-state index contributed by atoms with van der Waals surface area (Å²) in [4.78, 5) is 17.2. The van der Waals surface area contributed by atoms with E-state index in [1.54, 1.807) is 0 Å². The Morgan fingerprint density at radius 2 is 1.74 bits per heavy atom. The molecule has 1 saturated heterocycles. The molecule has 2 heterocycles. The molecule has 0 unspecified atom stereocenters. The molecule has 0 radical (unpaired) electrons. The number of carbonyl (C=O) groups excluding carboxylic acids is 1. The molecule has 5 rings (SSSR count). The number of imidazole rings is 1. The van der Waals surface area contributed by atoms with Gasteiger partial charge in [0.1, 0.15) is 0 Å². The number of primary amides is 1. The van der Waals surface area contributed by atoms with Crippen LogP contribution in [0.25, 0.3) is 11.3 Å². The molecule has 1 aromatic heterocycles.